The molecule has 0 unspecified atom stereocenters. The number of benzene rings is 3. The Bertz CT molecular complexity index is 1190. The van der Waals surface area contributed by atoms with Crippen LogP contribution in [0.25, 0.3) is 6.08 Å². The van der Waals surface area contributed by atoms with Crippen LogP contribution < -0.4 is 20.1 Å². The van der Waals surface area contributed by atoms with E-state index in [2.05, 4.69) is 5.43 Å². The van der Waals surface area contributed by atoms with Crippen molar-refractivity contribution < 1.29 is 18.7 Å². The number of hydrogen-bond donors (Lipinski definition) is 1. The smallest absolute Gasteiger partial charge is 0.282 e. The highest BCUT2D eigenvalue weighted by atomic mass is 19.1. The van der Waals surface area contributed by atoms with Gasteiger partial charge in [-0.15, -0.1) is 0 Å². The number of halogens is 1. The van der Waals surface area contributed by atoms with Gasteiger partial charge >= 0.3 is 0 Å². The summed E-state index contributed by atoms with van der Waals surface area (Å²) in [7, 11) is 3.80. The average molecular weight is 431 g/mol. The number of carbonyl (C=O) groups is 2. The molecule has 0 saturated carbocycles. The van der Waals surface area contributed by atoms with E-state index in [-0.39, 0.29) is 18.0 Å². The first-order valence-corrected chi connectivity index (χ1v) is 10.0. The summed E-state index contributed by atoms with van der Waals surface area (Å²) in [5.74, 6) is -0.808. The molecule has 1 saturated heterocycles. The Morgan fingerprint density at radius 2 is 1.78 bits per heavy atom. The van der Waals surface area contributed by atoms with Gasteiger partial charge in [0.25, 0.3) is 11.8 Å². The third-order valence-electron chi connectivity index (χ3n) is 5.00. The molecular formula is C25H22FN3O3. The van der Waals surface area contributed by atoms with Gasteiger partial charge in [-0.1, -0.05) is 30.3 Å². The summed E-state index contributed by atoms with van der Waals surface area (Å²) in [4.78, 5) is 27.4. The molecule has 3 aromatic carbocycles. The van der Waals surface area contributed by atoms with Crippen molar-refractivity contribution in [3.8, 4) is 5.75 Å². The van der Waals surface area contributed by atoms with Crippen LogP contribution in [0.1, 0.15) is 11.1 Å². The van der Waals surface area contributed by atoms with Crippen LogP contribution in [0.5, 0.6) is 5.75 Å². The van der Waals surface area contributed by atoms with Crippen LogP contribution in [0.3, 0.4) is 0 Å². The van der Waals surface area contributed by atoms with Crippen molar-refractivity contribution in [2.45, 2.75) is 6.61 Å². The molecule has 0 atom stereocenters. The minimum atomic E-state index is -0.494. The average Bonchev–Trinajstić information content (AvgIpc) is 3.07. The number of nitrogens with zero attached hydrogens (tertiary/aromatic N) is 2. The maximum atomic E-state index is 13.5. The van der Waals surface area contributed by atoms with Crippen molar-refractivity contribution in [3.63, 3.8) is 0 Å². The molecule has 1 aliphatic heterocycles. The van der Waals surface area contributed by atoms with E-state index in [4.69, 9.17) is 4.74 Å². The first-order chi connectivity index (χ1) is 15.4. The van der Waals surface area contributed by atoms with Gasteiger partial charge in [0.2, 0.25) is 0 Å². The fourth-order valence-electron chi connectivity index (χ4n) is 3.31. The lowest BCUT2D eigenvalue weighted by atomic mass is 10.1. The minimum Gasteiger partial charge on any atom is -0.488 e. The van der Waals surface area contributed by atoms with Crippen molar-refractivity contribution in [2.24, 2.45) is 0 Å². The van der Waals surface area contributed by atoms with E-state index in [1.807, 2.05) is 37.2 Å². The molecule has 2 amide bonds. The van der Waals surface area contributed by atoms with Crippen molar-refractivity contribution in [1.29, 1.82) is 0 Å². The Morgan fingerprint density at radius 1 is 1.00 bits per heavy atom. The van der Waals surface area contributed by atoms with Crippen LogP contribution >= 0.6 is 0 Å². The summed E-state index contributed by atoms with van der Waals surface area (Å²) in [6.07, 6.45) is 1.51. The number of nitrogens with one attached hydrogen (secondary N) is 1. The number of hydrogen-bond acceptors (Lipinski definition) is 4. The zero-order valence-corrected chi connectivity index (χ0v) is 17.7. The summed E-state index contributed by atoms with van der Waals surface area (Å²) in [5, 5.41) is 1.22. The molecule has 1 fully saturated rings. The highest BCUT2D eigenvalue weighted by molar-refractivity contribution is 6.31. The van der Waals surface area contributed by atoms with Gasteiger partial charge in [0.15, 0.2) is 0 Å². The second kappa shape index (κ2) is 8.93. The zero-order valence-electron chi connectivity index (χ0n) is 17.7. The van der Waals surface area contributed by atoms with E-state index in [0.717, 1.165) is 5.69 Å². The molecule has 0 radical (unpaired) electrons. The number of hydrazine groups is 1. The van der Waals surface area contributed by atoms with Gasteiger partial charge in [0.1, 0.15) is 23.7 Å². The first kappa shape index (κ1) is 21.1. The van der Waals surface area contributed by atoms with Gasteiger partial charge < -0.3 is 9.64 Å². The summed E-state index contributed by atoms with van der Waals surface area (Å²) in [6.45, 7) is 0.140. The van der Waals surface area contributed by atoms with Crippen molar-refractivity contribution in [1.82, 2.24) is 5.43 Å². The number of ether oxygens (including phenoxy) is 1. The first-order valence-electron chi connectivity index (χ1n) is 10.0. The summed E-state index contributed by atoms with van der Waals surface area (Å²) >= 11 is 0. The van der Waals surface area contributed by atoms with Crippen LogP contribution in [0, 0.1) is 5.82 Å². The standard InChI is InChI=1S/C25H22FN3O3/c1-28(2)21-12-11-18(23(15-21)32-16-17-7-6-8-19(26)13-17)14-22-24(30)27-29(25(22)31)20-9-4-3-5-10-20/h3-15H,16H2,1-2H3,(H,27,30)/b22-14-. The van der Waals surface area contributed by atoms with Gasteiger partial charge in [-0.25, -0.2) is 9.40 Å². The fraction of sp³-hybridized carbons (Fsp3) is 0.120. The second-order valence-corrected chi connectivity index (χ2v) is 7.51. The summed E-state index contributed by atoms with van der Waals surface area (Å²) in [5.41, 5.74) is 5.28. The van der Waals surface area contributed by atoms with Crippen LogP contribution in [-0.4, -0.2) is 25.9 Å². The maximum Gasteiger partial charge on any atom is 0.282 e. The lowest BCUT2D eigenvalue weighted by Gasteiger charge is -2.16. The predicted octanol–water partition coefficient (Wildman–Crippen LogP) is 3.93. The predicted molar refractivity (Wildman–Crippen MR) is 122 cm³/mol. The Balaban J connectivity index is 1.65. The Hall–Kier alpha value is -4.13. The molecule has 7 heteroatoms. The van der Waals surface area contributed by atoms with E-state index in [0.29, 0.717) is 22.6 Å². The van der Waals surface area contributed by atoms with Gasteiger partial charge in [-0.05, 0) is 48.0 Å². The Labute approximate surface area is 185 Å². The maximum absolute atomic E-state index is 13.5. The molecule has 0 spiro atoms. The quantitative estimate of drug-likeness (QED) is 0.475. The molecule has 1 N–H and O–H groups in total. The van der Waals surface area contributed by atoms with E-state index >= 15 is 0 Å². The second-order valence-electron chi connectivity index (χ2n) is 7.51. The highest BCUT2D eigenvalue weighted by Crippen LogP contribution is 2.29. The van der Waals surface area contributed by atoms with Gasteiger partial charge in [0, 0.05) is 31.4 Å². The molecule has 0 aliphatic carbocycles. The zero-order chi connectivity index (χ0) is 22.7. The van der Waals surface area contributed by atoms with Crippen LogP contribution in [0.2, 0.25) is 0 Å². The molecule has 32 heavy (non-hydrogen) atoms. The number of amides is 2. The Morgan fingerprint density at radius 3 is 2.50 bits per heavy atom. The molecule has 4 rings (SSSR count). The largest absolute Gasteiger partial charge is 0.488 e. The van der Waals surface area contributed by atoms with Crippen molar-refractivity contribution in [2.75, 3.05) is 24.0 Å². The molecular weight excluding hydrogens is 409 g/mol. The SMILES string of the molecule is CN(C)c1ccc(/C=C2/C(=O)NN(c3ccccc3)C2=O)c(OCc2cccc(F)c2)c1. The number of carbonyl (C=O) groups excluding carboxylic acids is 2. The Kier molecular flexibility index (Phi) is 5.89. The van der Waals surface area contributed by atoms with Crippen LogP contribution in [-0.2, 0) is 16.2 Å². The molecule has 0 bridgehead atoms. The van der Waals surface area contributed by atoms with Gasteiger partial charge in [-0.3, -0.25) is 15.0 Å². The van der Waals surface area contributed by atoms with Crippen molar-refractivity contribution >= 4 is 29.3 Å². The third kappa shape index (κ3) is 4.46. The molecule has 3 aromatic rings. The van der Waals surface area contributed by atoms with Gasteiger partial charge in [-0.2, -0.15) is 0 Å². The summed E-state index contributed by atoms with van der Waals surface area (Å²) < 4.78 is 19.5. The number of rotatable bonds is 6. The fourth-order valence-corrected chi connectivity index (χ4v) is 3.31. The van der Waals surface area contributed by atoms with E-state index in [1.54, 1.807) is 42.5 Å². The minimum absolute atomic E-state index is 0.00191. The monoisotopic (exact) mass is 431 g/mol. The van der Waals surface area contributed by atoms with Crippen LogP contribution in [0.4, 0.5) is 15.8 Å². The van der Waals surface area contributed by atoms with Crippen molar-refractivity contribution in [3.05, 3.63) is 95.3 Å². The molecule has 0 aromatic heterocycles. The van der Waals surface area contributed by atoms with Crippen LogP contribution in [0.15, 0.2) is 78.4 Å². The molecule has 6 nitrogen and oxygen atoms in total. The molecule has 1 aliphatic rings. The lowest BCUT2D eigenvalue weighted by molar-refractivity contribution is -0.117. The molecule has 162 valence electrons. The van der Waals surface area contributed by atoms with E-state index in [9.17, 15) is 14.0 Å². The highest BCUT2D eigenvalue weighted by Gasteiger charge is 2.34. The van der Waals surface area contributed by atoms with Gasteiger partial charge in [0.05, 0.1) is 5.69 Å². The number of anilines is 2. The third-order valence-corrected chi connectivity index (χ3v) is 5.00. The number of para-hydroxylation sites is 1. The van der Waals surface area contributed by atoms with E-state index in [1.165, 1.54) is 23.2 Å². The molecule has 1 heterocycles. The lowest BCUT2D eigenvalue weighted by Crippen LogP contribution is -2.35. The summed E-state index contributed by atoms with van der Waals surface area (Å²) in [6, 6.07) is 20.5. The topological polar surface area (TPSA) is 61.9 Å². The normalized spacial score (nSPS) is 14.6. The van der Waals surface area contributed by atoms with E-state index < -0.39 is 11.8 Å².